The number of nitrogens with one attached hydrogen (secondary N) is 3. The summed E-state index contributed by atoms with van der Waals surface area (Å²) in [6.07, 6.45) is 10.6. The first-order valence-corrected chi connectivity index (χ1v) is 13.5. The molecule has 0 aliphatic heterocycles. The molecule has 0 bridgehead atoms. The number of aromatic amines is 1. The standard InChI is InChI=1S/C25H31N5O2S/c31-33(32,20-13-5-2-6-14-20)21-15-23(26-19-11-3-1-4-12-19)27-24(16-21)28-25-17-22(29-30-25)18-9-7-8-10-18/h2,5-6,13-19H,1,3-4,7-12H2,(H3,26,27,28,29,30). The molecular formula is C25H31N5O2S. The van der Waals surface area contributed by atoms with Crippen LogP contribution in [0.25, 0.3) is 0 Å². The summed E-state index contributed by atoms with van der Waals surface area (Å²) in [5, 5.41) is 14.3. The molecule has 0 spiro atoms. The van der Waals surface area contributed by atoms with E-state index in [4.69, 9.17) is 4.98 Å². The van der Waals surface area contributed by atoms with Gasteiger partial charge in [0.15, 0.2) is 5.82 Å². The Kier molecular flexibility index (Phi) is 6.35. The van der Waals surface area contributed by atoms with Crippen LogP contribution >= 0.6 is 0 Å². The molecule has 174 valence electrons. The molecule has 33 heavy (non-hydrogen) atoms. The van der Waals surface area contributed by atoms with Gasteiger partial charge in [0.2, 0.25) is 9.84 Å². The van der Waals surface area contributed by atoms with Gasteiger partial charge in [-0.3, -0.25) is 5.10 Å². The highest BCUT2D eigenvalue weighted by Crippen LogP contribution is 2.34. The minimum Gasteiger partial charge on any atom is -0.367 e. The van der Waals surface area contributed by atoms with E-state index in [1.54, 1.807) is 36.4 Å². The Balaban J connectivity index is 1.45. The monoisotopic (exact) mass is 465 g/mol. The third kappa shape index (κ3) is 5.05. The average molecular weight is 466 g/mol. The van der Waals surface area contributed by atoms with Crippen molar-refractivity contribution >= 4 is 27.3 Å². The van der Waals surface area contributed by atoms with Crippen LogP contribution in [0.5, 0.6) is 0 Å². The fourth-order valence-corrected chi connectivity index (χ4v) is 6.29. The van der Waals surface area contributed by atoms with Crippen molar-refractivity contribution < 1.29 is 8.42 Å². The zero-order valence-electron chi connectivity index (χ0n) is 18.8. The van der Waals surface area contributed by atoms with Crippen molar-refractivity contribution in [2.45, 2.75) is 79.5 Å². The molecule has 2 aliphatic rings. The van der Waals surface area contributed by atoms with Crippen LogP contribution in [0.3, 0.4) is 0 Å². The zero-order chi connectivity index (χ0) is 22.7. The van der Waals surface area contributed by atoms with E-state index in [-0.39, 0.29) is 9.79 Å². The number of hydrogen-bond donors (Lipinski definition) is 3. The molecular weight excluding hydrogens is 434 g/mol. The first-order chi connectivity index (χ1) is 16.1. The fraction of sp³-hybridized carbons (Fsp3) is 0.440. The van der Waals surface area contributed by atoms with E-state index >= 15 is 0 Å². The van der Waals surface area contributed by atoms with Gasteiger partial charge in [-0.2, -0.15) is 5.10 Å². The number of rotatable bonds is 7. The van der Waals surface area contributed by atoms with Crippen LogP contribution in [0.4, 0.5) is 17.5 Å². The lowest BCUT2D eigenvalue weighted by atomic mass is 9.95. The second-order valence-electron chi connectivity index (χ2n) is 9.18. The van der Waals surface area contributed by atoms with E-state index in [0.29, 0.717) is 29.4 Å². The van der Waals surface area contributed by atoms with Gasteiger partial charge in [-0.15, -0.1) is 0 Å². The van der Waals surface area contributed by atoms with Gasteiger partial charge in [-0.25, -0.2) is 13.4 Å². The molecule has 0 unspecified atom stereocenters. The molecule has 8 heteroatoms. The highest BCUT2D eigenvalue weighted by atomic mass is 32.2. The molecule has 2 fully saturated rings. The molecule has 7 nitrogen and oxygen atoms in total. The summed E-state index contributed by atoms with van der Waals surface area (Å²) < 4.78 is 26.7. The number of anilines is 3. The predicted octanol–water partition coefficient (Wildman–Crippen LogP) is 5.78. The molecule has 2 heterocycles. The van der Waals surface area contributed by atoms with Gasteiger partial charge in [-0.05, 0) is 43.9 Å². The van der Waals surface area contributed by atoms with Crippen LogP contribution in [-0.2, 0) is 9.84 Å². The Labute approximate surface area is 195 Å². The minimum absolute atomic E-state index is 0.219. The molecule has 1 aromatic carbocycles. The normalized spacial score (nSPS) is 17.8. The first-order valence-electron chi connectivity index (χ1n) is 12.0. The molecule has 5 rings (SSSR count). The Bertz CT molecular complexity index is 1180. The number of hydrogen-bond acceptors (Lipinski definition) is 6. The van der Waals surface area contributed by atoms with Crippen molar-refractivity contribution in [1.29, 1.82) is 0 Å². The molecule has 3 aromatic rings. The number of aromatic nitrogens is 3. The van der Waals surface area contributed by atoms with Crippen molar-refractivity contribution in [3.05, 3.63) is 54.2 Å². The molecule has 0 saturated heterocycles. The summed E-state index contributed by atoms with van der Waals surface area (Å²) in [6, 6.07) is 14.1. The van der Waals surface area contributed by atoms with Crippen LogP contribution in [0.15, 0.2) is 58.3 Å². The highest BCUT2D eigenvalue weighted by Gasteiger charge is 2.22. The van der Waals surface area contributed by atoms with Crippen molar-refractivity contribution in [2.24, 2.45) is 0 Å². The maximum atomic E-state index is 13.4. The van der Waals surface area contributed by atoms with E-state index < -0.39 is 9.84 Å². The van der Waals surface area contributed by atoms with E-state index in [2.05, 4.69) is 20.8 Å². The van der Waals surface area contributed by atoms with Gasteiger partial charge in [0.25, 0.3) is 0 Å². The maximum Gasteiger partial charge on any atom is 0.206 e. The number of pyridine rings is 1. The second-order valence-corrected chi connectivity index (χ2v) is 11.1. The van der Waals surface area contributed by atoms with Crippen LogP contribution in [0.1, 0.15) is 69.4 Å². The van der Waals surface area contributed by atoms with Gasteiger partial charge in [0.1, 0.15) is 11.6 Å². The SMILES string of the molecule is O=S(=O)(c1ccccc1)c1cc(Nc2cc(C3CCCC3)[nH]n2)nc(NC2CCCCC2)c1. The lowest BCUT2D eigenvalue weighted by Crippen LogP contribution is -2.23. The molecule has 2 saturated carbocycles. The first kappa shape index (κ1) is 21.9. The maximum absolute atomic E-state index is 13.4. The van der Waals surface area contributed by atoms with Gasteiger partial charge in [0, 0.05) is 29.8 Å². The van der Waals surface area contributed by atoms with Crippen molar-refractivity contribution in [3.8, 4) is 0 Å². The fourth-order valence-electron chi connectivity index (χ4n) is 4.97. The Morgan fingerprint density at radius 3 is 2.24 bits per heavy atom. The Morgan fingerprint density at radius 2 is 1.48 bits per heavy atom. The number of H-pyrrole nitrogens is 1. The molecule has 2 aliphatic carbocycles. The average Bonchev–Trinajstić information content (AvgIpc) is 3.52. The zero-order valence-corrected chi connectivity index (χ0v) is 19.6. The Hall–Kier alpha value is -2.87. The lowest BCUT2D eigenvalue weighted by Gasteiger charge is -2.23. The number of sulfone groups is 1. The van der Waals surface area contributed by atoms with Gasteiger partial charge in [0.05, 0.1) is 9.79 Å². The summed E-state index contributed by atoms with van der Waals surface area (Å²) in [5.41, 5.74) is 1.13. The minimum atomic E-state index is -3.67. The van der Waals surface area contributed by atoms with E-state index in [1.807, 2.05) is 12.1 Å². The van der Waals surface area contributed by atoms with Crippen molar-refractivity contribution in [1.82, 2.24) is 15.2 Å². The molecule has 0 atom stereocenters. The third-order valence-corrected chi connectivity index (χ3v) is 8.52. The summed E-state index contributed by atoms with van der Waals surface area (Å²) in [5.74, 6) is 2.22. The number of benzene rings is 1. The van der Waals surface area contributed by atoms with E-state index in [9.17, 15) is 8.42 Å². The molecule has 2 aromatic heterocycles. The Morgan fingerprint density at radius 1 is 0.788 bits per heavy atom. The lowest BCUT2D eigenvalue weighted by molar-refractivity contribution is 0.462. The van der Waals surface area contributed by atoms with Gasteiger partial charge < -0.3 is 10.6 Å². The molecule has 0 amide bonds. The van der Waals surface area contributed by atoms with E-state index in [0.717, 1.165) is 18.5 Å². The highest BCUT2D eigenvalue weighted by molar-refractivity contribution is 7.91. The summed E-state index contributed by atoms with van der Waals surface area (Å²) in [6.45, 7) is 0. The smallest absolute Gasteiger partial charge is 0.206 e. The topological polar surface area (TPSA) is 99.8 Å². The van der Waals surface area contributed by atoms with Crippen LogP contribution < -0.4 is 10.6 Å². The van der Waals surface area contributed by atoms with Crippen LogP contribution in [-0.4, -0.2) is 29.6 Å². The molecule has 0 radical (unpaired) electrons. The summed E-state index contributed by atoms with van der Waals surface area (Å²) in [4.78, 5) is 5.19. The summed E-state index contributed by atoms with van der Waals surface area (Å²) in [7, 11) is -3.67. The van der Waals surface area contributed by atoms with Gasteiger partial charge >= 0.3 is 0 Å². The van der Waals surface area contributed by atoms with Crippen LogP contribution in [0.2, 0.25) is 0 Å². The van der Waals surface area contributed by atoms with Gasteiger partial charge in [-0.1, -0.05) is 50.3 Å². The quantitative estimate of drug-likeness (QED) is 0.409. The third-order valence-electron chi connectivity index (χ3n) is 6.77. The largest absolute Gasteiger partial charge is 0.367 e. The number of nitrogens with zero attached hydrogens (tertiary/aromatic N) is 2. The molecule has 3 N–H and O–H groups in total. The summed E-state index contributed by atoms with van der Waals surface area (Å²) >= 11 is 0. The predicted molar refractivity (Wildman–Crippen MR) is 130 cm³/mol. The van der Waals surface area contributed by atoms with Crippen LogP contribution in [0, 0.1) is 0 Å². The van der Waals surface area contributed by atoms with Crippen molar-refractivity contribution in [3.63, 3.8) is 0 Å². The van der Waals surface area contributed by atoms with Crippen molar-refractivity contribution in [2.75, 3.05) is 10.6 Å². The second kappa shape index (κ2) is 9.55. The van der Waals surface area contributed by atoms with E-state index in [1.165, 1.54) is 44.9 Å².